The van der Waals surface area contributed by atoms with E-state index >= 15 is 0 Å². The van der Waals surface area contributed by atoms with E-state index in [1.54, 1.807) is 0 Å². The zero-order valence-corrected chi connectivity index (χ0v) is 11.4. The van der Waals surface area contributed by atoms with Gasteiger partial charge in [0.2, 0.25) is 0 Å². The molecular weight excluding hydrogens is 226 g/mol. The molecule has 3 nitrogen and oxygen atoms in total. The van der Waals surface area contributed by atoms with Crippen molar-refractivity contribution in [2.24, 2.45) is 5.92 Å². The predicted octanol–water partition coefficient (Wildman–Crippen LogP) is 2.88. The van der Waals surface area contributed by atoms with E-state index < -0.39 is 12.0 Å². The summed E-state index contributed by atoms with van der Waals surface area (Å²) in [6.07, 6.45) is 0.664. The Bertz CT molecular complexity index is 362. The van der Waals surface area contributed by atoms with E-state index in [0.29, 0.717) is 24.8 Å². The molecule has 100 valence electrons. The van der Waals surface area contributed by atoms with Gasteiger partial charge in [0.05, 0.1) is 0 Å². The Kier molecular flexibility index (Phi) is 5.86. The third-order valence-electron chi connectivity index (χ3n) is 3.04. The SMILES string of the molecule is CC(C)C[C@H](NCC(C)c1ccccc1)C(=O)O. The maximum absolute atomic E-state index is 11.1. The van der Waals surface area contributed by atoms with Crippen molar-refractivity contribution in [2.75, 3.05) is 6.54 Å². The van der Waals surface area contributed by atoms with Crippen molar-refractivity contribution in [3.63, 3.8) is 0 Å². The van der Waals surface area contributed by atoms with Gasteiger partial charge in [-0.05, 0) is 23.8 Å². The lowest BCUT2D eigenvalue weighted by Gasteiger charge is -2.19. The molecule has 0 amide bonds. The average Bonchev–Trinajstić information content (AvgIpc) is 2.34. The number of benzene rings is 1. The van der Waals surface area contributed by atoms with Crippen LogP contribution in [-0.4, -0.2) is 23.7 Å². The van der Waals surface area contributed by atoms with E-state index in [-0.39, 0.29) is 0 Å². The highest BCUT2D eigenvalue weighted by atomic mass is 16.4. The summed E-state index contributed by atoms with van der Waals surface area (Å²) in [4.78, 5) is 11.1. The first-order chi connectivity index (χ1) is 8.50. The molecule has 0 bridgehead atoms. The fraction of sp³-hybridized carbons (Fsp3) is 0.533. The van der Waals surface area contributed by atoms with Crippen molar-refractivity contribution >= 4 is 5.97 Å². The summed E-state index contributed by atoms with van der Waals surface area (Å²) in [5.41, 5.74) is 1.23. The molecule has 1 aromatic carbocycles. The Labute approximate surface area is 109 Å². The minimum Gasteiger partial charge on any atom is -0.480 e. The lowest BCUT2D eigenvalue weighted by Crippen LogP contribution is -2.39. The Morgan fingerprint density at radius 3 is 2.33 bits per heavy atom. The minimum absolute atomic E-state index is 0.320. The first-order valence-corrected chi connectivity index (χ1v) is 6.51. The molecule has 3 heteroatoms. The van der Waals surface area contributed by atoms with Crippen LogP contribution in [0.1, 0.15) is 38.7 Å². The molecule has 0 aliphatic rings. The molecule has 0 aliphatic carbocycles. The highest BCUT2D eigenvalue weighted by Gasteiger charge is 2.19. The second-order valence-electron chi connectivity index (χ2n) is 5.24. The van der Waals surface area contributed by atoms with Gasteiger partial charge in [-0.3, -0.25) is 4.79 Å². The molecule has 0 aliphatic heterocycles. The Morgan fingerprint density at radius 2 is 1.83 bits per heavy atom. The smallest absolute Gasteiger partial charge is 0.320 e. The summed E-state index contributed by atoms with van der Waals surface area (Å²) >= 11 is 0. The third-order valence-corrected chi connectivity index (χ3v) is 3.04. The highest BCUT2D eigenvalue weighted by molar-refractivity contribution is 5.73. The molecule has 0 saturated carbocycles. The second kappa shape index (κ2) is 7.17. The molecule has 0 saturated heterocycles. The summed E-state index contributed by atoms with van der Waals surface area (Å²) in [5, 5.41) is 12.3. The van der Waals surface area contributed by atoms with Crippen LogP contribution in [-0.2, 0) is 4.79 Å². The van der Waals surface area contributed by atoms with Crippen molar-refractivity contribution in [1.29, 1.82) is 0 Å². The van der Waals surface area contributed by atoms with Gasteiger partial charge in [0.25, 0.3) is 0 Å². The quantitative estimate of drug-likeness (QED) is 0.781. The van der Waals surface area contributed by atoms with Crippen LogP contribution in [0.15, 0.2) is 30.3 Å². The second-order valence-corrected chi connectivity index (χ2v) is 5.24. The molecule has 18 heavy (non-hydrogen) atoms. The number of carboxylic acids is 1. The van der Waals surface area contributed by atoms with Crippen LogP contribution >= 0.6 is 0 Å². The van der Waals surface area contributed by atoms with Gasteiger partial charge in [-0.2, -0.15) is 0 Å². The topological polar surface area (TPSA) is 49.3 Å². The zero-order chi connectivity index (χ0) is 13.5. The van der Waals surface area contributed by atoms with E-state index in [4.69, 9.17) is 5.11 Å². The summed E-state index contributed by atoms with van der Waals surface area (Å²) in [7, 11) is 0. The summed E-state index contributed by atoms with van der Waals surface area (Å²) < 4.78 is 0. The van der Waals surface area contributed by atoms with Crippen LogP contribution in [0.25, 0.3) is 0 Å². The van der Waals surface area contributed by atoms with Crippen molar-refractivity contribution < 1.29 is 9.90 Å². The average molecular weight is 249 g/mol. The third kappa shape index (κ3) is 4.88. The lowest BCUT2D eigenvalue weighted by molar-refractivity contribution is -0.139. The summed E-state index contributed by atoms with van der Waals surface area (Å²) in [5.74, 6) is -0.0604. The van der Waals surface area contributed by atoms with Gasteiger partial charge >= 0.3 is 5.97 Å². The number of aliphatic carboxylic acids is 1. The predicted molar refractivity (Wildman–Crippen MR) is 73.7 cm³/mol. The Hall–Kier alpha value is -1.35. The zero-order valence-electron chi connectivity index (χ0n) is 11.4. The standard InChI is InChI=1S/C15H23NO2/c1-11(2)9-14(15(17)18)16-10-12(3)13-7-5-4-6-8-13/h4-8,11-12,14,16H,9-10H2,1-3H3,(H,17,18)/t12?,14-/m0/s1. The van der Waals surface area contributed by atoms with Crippen LogP contribution in [0.3, 0.4) is 0 Å². The van der Waals surface area contributed by atoms with E-state index in [2.05, 4.69) is 24.4 Å². The monoisotopic (exact) mass is 249 g/mol. The molecule has 2 atom stereocenters. The number of carboxylic acid groups (broad SMARTS) is 1. The normalized spacial score (nSPS) is 14.4. The van der Waals surface area contributed by atoms with Gasteiger partial charge in [-0.25, -0.2) is 0 Å². The first-order valence-electron chi connectivity index (χ1n) is 6.51. The van der Waals surface area contributed by atoms with Gasteiger partial charge in [0.15, 0.2) is 0 Å². The molecule has 2 N–H and O–H groups in total. The van der Waals surface area contributed by atoms with Gasteiger partial charge in [0, 0.05) is 6.54 Å². The fourth-order valence-corrected chi connectivity index (χ4v) is 1.96. The van der Waals surface area contributed by atoms with Gasteiger partial charge in [-0.15, -0.1) is 0 Å². The maximum atomic E-state index is 11.1. The molecular formula is C15H23NO2. The first kappa shape index (κ1) is 14.7. The van der Waals surface area contributed by atoms with Crippen molar-refractivity contribution in [3.05, 3.63) is 35.9 Å². The van der Waals surface area contributed by atoms with Gasteiger partial charge in [0.1, 0.15) is 6.04 Å². The summed E-state index contributed by atoms with van der Waals surface area (Å²) in [6.45, 7) is 6.88. The van der Waals surface area contributed by atoms with Crippen LogP contribution in [0.4, 0.5) is 0 Å². The minimum atomic E-state index is -0.760. The maximum Gasteiger partial charge on any atom is 0.320 e. The van der Waals surface area contributed by atoms with Crippen molar-refractivity contribution in [1.82, 2.24) is 5.32 Å². The van der Waals surface area contributed by atoms with Crippen molar-refractivity contribution in [2.45, 2.75) is 39.2 Å². The van der Waals surface area contributed by atoms with Crippen LogP contribution in [0.2, 0.25) is 0 Å². The molecule has 1 rings (SSSR count). The molecule has 0 aromatic heterocycles. The molecule has 0 spiro atoms. The number of nitrogens with one attached hydrogen (secondary N) is 1. The van der Waals surface area contributed by atoms with E-state index in [9.17, 15) is 4.79 Å². The number of hydrogen-bond acceptors (Lipinski definition) is 2. The fourth-order valence-electron chi connectivity index (χ4n) is 1.96. The number of carbonyl (C=O) groups is 1. The summed E-state index contributed by atoms with van der Waals surface area (Å²) in [6, 6.07) is 9.71. The van der Waals surface area contributed by atoms with Gasteiger partial charge in [-0.1, -0.05) is 51.1 Å². The van der Waals surface area contributed by atoms with E-state index in [1.165, 1.54) is 5.56 Å². The van der Waals surface area contributed by atoms with E-state index in [0.717, 1.165) is 0 Å². The Balaban J connectivity index is 2.49. The van der Waals surface area contributed by atoms with E-state index in [1.807, 2.05) is 32.0 Å². The molecule has 0 fully saturated rings. The molecule has 0 radical (unpaired) electrons. The van der Waals surface area contributed by atoms with Crippen LogP contribution in [0, 0.1) is 5.92 Å². The number of rotatable bonds is 7. The van der Waals surface area contributed by atoms with Gasteiger partial charge < -0.3 is 10.4 Å². The Morgan fingerprint density at radius 1 is 1.22 bits per heavy atom. The van der Waals surface area contributed by atoms with Crippen LogP contribution in [0.5, 0.6) is 0 Å². The lowest BCUT2D eigenvalue weighted by atomic mass is 9.99. The van der Waals surface area contributed by atoms with Crippen molar-refractivity contribution in [3.8, 4) is 0 Å². The highest BCUT2D eigenvalue weighted by Crippen LogP contribution is 2.14. The van der Waals surface area contributed by atoms with Crippen LogP contribution < -0.4 is 5.32 Å². The molecule has 1 aromatic rings. The molecule has 0 heterocycles. The molecule has 1 unspecified atom stereocenters. The number of hydrogen-bond donors (Lipinski definition) is 2. The largest absolute Gasteiger partial charge is 0.480 e.